The summed E-state index contributed by atoms with van der Waals surface area (Å²) in [5.41, 5.74) is 4.88. The minimum atomic E-state index is -0.235. The van der Waals surface area contributed by atoms with Gasteiger partial charge in [-0.05, 0) is 30.5 Å². The van der Waals surface area contributed by atoms with E-state index in [2.05, 4.69) is 25.3 Å². The fourth-order valence-electron chi connectivity index (χ4n) is 4.28. The minimum absolute atomic E-state index is 0.0731. The largest absolute Gasteiger partial charge is 0.396 e. The molecule has 2 aliphatic heterocycles. The molecule has 29 heavy (non-hydrogen) atoms. The van der Waals surface area contributed by atoms with Crippen molar-refractivity contribution >= 4 is 35.2 Å². The molecule has 4 rings (SSSR count). The van der Waals surface area contributed by atoms with Gasteiger partial charge in [0.25, 0.3) is 0 Å². The lowest BCUT2D eigenvalue weighted by Crippen LogP contribution is -2.51. The molecule has 2 aliphatic rings. The molecule has 8 nitrogen and oxygen atoms in total. The minimum Gasteiger partial charge on any atom is -0.396 e. The Labute approximate surface area is 173 Å². The molecule has 1 saturated heterocycles. The maximum Gasteiger partial charge on any atom is 0.237 e. The molecule has 3 atom stereocenters. The van der Waals surface area contributed by atoms with E-state index >= 15 is 0 Å². The highest BCUT2D eigenvalue weighted by Gasteiger charge is 2.39. The van der Waals surface area contributed by atoms with E-state index < -0.39 is 0 Å². The van der Waals surface area contributed by atoms with Crippen LogP contribution in [0.2, 0.25) is 5.02 Å². The number of aliphatic imine (C=N–C) groups is 1. The Hall–Kier alpha value is -2.55. The number of aliphatic hydroxyl groups is 1. The van der Waals surface area contributed by atoms with Gasteiger partial charge in [0, 0.05) is 42.1 Å². The lowest BCUT2D eigenvalue weighted by molar-refractivity contribution is -0.126. The second kappa shape index (κ2) is 8.44. The number of hydrogen-bond acceptors (Lipinski definition) is 7. The monoisotopic (exact) mass is 414 g/mol. The predicted octanol–water partition coefficient (Wildman–Crippen LogP) is 1.74. The molecule has 4 N–H and O–H groups in total. The molecule has 1 fully saturated rings. The van der Waals surface area contributed by atoms with Gasteiger partial charge >= 0.3 is 0 Å². The van der Waals surface area contributed by atoms with Crippen molar-refractivity contribution in [2.24, 2.45) is 16.8 Å². The average Bonchev–Trinajstić information content (AvgIpc) is 3.24. The number of carbonyl (C=O) groups excluding carboxylic acids is 1. The fourth-order valence-corrected chi connectivity index (χ4v) is 4.40. The van der Waals surface area contributed by atoms with Crippen LogP contribution in [0.15, 0.2) is 35.6 Å². The molecule has 1 aromatic heterocycles. The van der Waals surface area contributed by atoms with E-state index in [0.717, 1.165) is 22.8 Å². The Morgan fingerprint density at radius 2 is 2.14 bits per heavy atom. The number of benzene rings is 1. The zero-order valence-electron chi connectivity index (χ0n) is 15.8. The Morgan fingerprint density at radius 3 is 2.86 bits per heavy atom. The molecule has 3 unspecified atom stereocenters. The summed E-state index contributed by atoms with van der Waals surface area (Å²) in [7, 11) is 0. The van der Waals surface area contributed by atoms with Crippen molar-refractivity contribution < 1.29 is 9.90 Å². The molecular formula is C20H23ClN6O2. The van der Waals surface area contributed by atoms with E-state index in [4.69, 9.17) is 17.4 Å². The number of hydrazine groups is 1. The van der Waals surface area contributed by atoms with Crippen molar-refractivity contribution in [3.63, 3.8) is 0 Å². The number of fused-ring (bicyclic) bond motifs is 1. The number of piperidine rings is 1. The quantitative estimate of drug-likeness (QED) is 0.390. The Morgan fingerprint density at radius 1 is 1.34 bits per heavy atom. The van der Waals surface area contributed by atoms with Gasteiger partial charge in [0.15, 0.2) is 5.82 Å². The zero-order chi connectivity index (χ0) is 20.4. The zero-order valence-corrected chi connectivity index (χ0v) is 16.6. The summed E-state index contributed by atoms with van der Waals surface area (Å²) < 4.78 is 0. The van der Waals surface area contributed by atoms with Crippen molar-refractivity contribution in [3.8, 4) is 0 Å². The van der Waals surface area contributed by atoms with Crippen LogP contribution in [-0.2, 0) is 11.2 Å². The van der Waals surface area contributed by atoms with Gasteiger partial charge < -0.3 is 10.0 Å². The lowest BCUT2D eigenvalue weighted by atomic mass is 9.80. The van der Waals surface area contributed by atoms with Gasteiger partial charge in [0.05, 0.1) is 12.3 Å². The smallest absolute Gasteiger partial charge is 0.237 e. The first-order chi connectivity index (χ1) is 14.1. The standard InChI is InChI=1S/C20H23ClN6O2/c21-14-3-1-12(2-4-14)15(10-28)17-9-13(20(29)26-22)6-8-27(17)19-18-16(5-7-23-18)24-11-25-19/h1-4,7,11,13,15,17,28H,5-6,8-10,22H2,(H,26,29). The van der Waals surface area contributed by atoms with E-state index in [1.807, 2.05) is 30.5 Å². The summed E-state index contributed by atoms with van der Waals surface area (Å²) in [5.74, 6) is 5.48. The molecule has 0 bridgehead atoms. The first kappa shape index (κ1) is 19.8. The summed E-state index contributed by atoms with van der Waals surface area (Å²) in [6.07, 6.45) is 5.24. The van der Waals surface area contributed by atoms with Crippen LogP contribution in [-0.4, -0.2) is 46.4 Å². The Bertz CT molecular complexity index is 920. The Balaban J connectivity index is 1.73. The molecule has 152 valence electrons. The molecule has 0 saturated carbocycles. The number of carbonyl (C=O) groups is 1. The average molecular weight is 415 g/mol. The SMILES string of the molecule is NNC(=O)C1CCN(c2ncnc3c2N=CC3)C(C(CO)c2ccc(Cl)cc2)C1. The van der Waals surface area contributed by atoms with Gasteiger partial charge in [-0.2, -0.15) is 0 Å². The van der Waals surface area contributed by atoms with Crippen molar-refractivity contribution in [2.45, 2.75) is 31.2 Å². The highest BCUT2D eigenvalue weighted by atomic mass is 35.5. The molecule has 2 aromatic rings. The van der Waals surface area contributed by atoms with E-state index in [9.17, 15) is 9.90 Å². The number of rotatable bonds is 5. The van der Waals surface area contributed by atoms with Crippen LogP contribution < -0.4 is 16.2 Å². The van der Waals surface area contributed by atoms with Crippen LogP contribution in [0.4, 0.5) is 11.5 Å². The molecular weight excluding hydrogens is 392 g/mol. The van der Waals surface area contributed by atoms with Crippen LogP contribution in [0.25, 0.3) is 0 Å². The molecule has 0 spiro atoms. The van der Waals surface area contributed by atoms with Crippen LogP contribution >= 0.6 is 11.6 Å². The third kappa shape index (κ3) is 3.83. The number of hydrogen-bond donors (Lipinski definition) is 3. The van der Waals surface area contributed by atoms with Crippen molar-refractivity contribution in [1.29, 1.82) is 0 Å². The summed E-state index contributed by atoms with van der Waals surface area (Å²) in [4.78, 5) is 27.7. The van der Waals surface area contributed by atoms with Crippen molar-refractivity contribution in [2.75, 3.05) is 18.1 Å². The number of nitrogens with one attached hydrogen (secondary N) is 1. The van der Waals surface area contributed by atoms with Crippen LogP contribution in [0.1, 0.15) is 30.0 Å². The maximum absolute atomic E-state index is 12.3. The number of aromatic nitrogens is 2. The van der Waals surface area contributed by atoms with Crippen LogP contribution in [0.5, 0.6) is 0 Å². The van der Waals surface area contributed by atoms with E-state index in [-0.39, 0.29) is 30.4 Å². The maximum atomic E-state index is 12.3. The van der Waals surface area contributed by atoms with Gasteiger partial charge in [0.2, 0.25) is 5.91 Å². The molecule has 0 radical (unpaired) electrons. The Kier molecular flexibility index (Phi) is 5.75. The summed E-state index contributed by atoms with van der Waals surface area (Å²) in [6.45, 7) is 0.530. The number of nitrogens with zero attached hydrogens (tertiary/aromatic N) is 4. The van der Waals surface area contributed by atoms with E-state index in [1.54, 1.807) is 6.33 Å². The first-order valence-corrected chi connectivity index (χ1v) is 10.00. The third-order valence-corrected chi connectivity index (χ3v) is 6.02. The van der Waals surface area contributed by atoms with E-state index in [0.29, 0.717) is 30.8 Å². The van der Waals surface area contributed by atoms with E-state index in [1.165, 1.54) is 0 Å². The topological polar surface area (TPSA) is 117 Å². The third-order valence-electron chi connectivity index (χ3n) is 5.77. The predicted molar refractivity (Wildman–Crippen MR) is 111 cm³/mol. The number of amides is 1. The highest BCUT2D eigenvalue weighted by Crippen LogP contribution is 2.40. The number of halogens is 1. The number of anilines is 1. The normalized spacial score (nSPS) is 21.7. The van der Waals surface area contributed by atoms with Gasteiger partial charge in [-0.3, -0.25) is 15.2 Å². The van der Waals surface area contributed by atoms with Gasteiger partial charge in [-0.25, -0.2) is 15.8 Å². The highest BCUT2D eigenvalue weighted by molar-refractivity contribution is 6.30. The number of nitrogens with two attached hydrogens (primary N) is 1. The number of aliphatic hydroxyl groups excluding tert-OH is 1. The van der Waals surface area contributed by atoms with Crippen molar-refractivity contribution in [1.82, 2.24) is 15.4 Å². The van der Waals surface area contributed by atoms with Gasteiger partial charge in [0.1, 0.15) is 12.0 Å². The fraction of sp³-hybridized carbons (Fsp3) is 0.400. The second-order valence-corrected chi connectivity index (χ2v) is 7.78. The molecule has 0 aliphatic carbocycles. The molecule has 1 aromatic carbocycles. The van der Waals surface area contributed by atoms with Gasteiger partial charge in [-0.15, -0.1) is 0 Å². The molecule has 9 heteroatoms. The van der Waals surface area contributed by atoms with Crippen LogP contribution in [0, 0.1) is 5.92 Å². The van der Waals surface area contributed by atoms with Crippen LogP contribution in [0.3, 0.4) is 0 Å². The summed E-state index contributed by atoms with van der Waals surface area (Å²) in [6, 6.07) is 7.28. The summed E-state index contributed by atoms with van der Waals surface area (Å²) >= 11 is 6.04. The first-order valence-electron chi connectivity index (χ1n) is 9.62. The second-order valence-electron chi connectivity index (χ2n) is 7.34. The van der Waals surface area contributed by atoms with Crippen molar-refractivity contribution in [3.05, 3.63) is 46.9 Å². The molecule has 3 heterocycles. The molecule has 1 amide bonds. The van der Waals surface area contributed by atoms with Gasteiger partial charge in [-0.1, -0.05) is 23.7 Å². The summed E-state index contributed by atoms with van der Waals surface area (Å²) in [5, 5.41) is 10.9. The lowest BCUT2D eigenvalue weighted by Gasteiger charge is -2.43.